The summed E-state index contributed by atoms with van der Waals surface area (Å²) in [5.41, 5.74) is 2.38. The van der Waals surface area contributed by atoms with Crippen LogP contribution < -0.4 is 20.7 Å². The van der Waals surface area contributed by atoms with Gasteiger partial charge in [-0.1, -0.05) is 29.8 Å². The topological polar surface area (TPSA) is 133 Å². The van der Waals surface area contributed by atoms with E-state index >= 15 is 0 Å². The van der Waals surface area contributed by atoms with Gasteiger partial charge in [0.25, 0.3) is 0 Å². The Morgan fingerprint density at radius 2 is 1.62 bits per heavy atom. The predicted molar refractivity (Wildman–Crippen MR) is 119 cm³/mol. The molecule has 2 aromatic rings. The van der Waals surface area contributed by atoms with Gasteiger partial charge in [0.15, 0.2) is 0 Å². The van der Waals surface area contributed by atoms with Gasteiger partial charge in [-0.05, 0) is 49.6 Å². The van der Waals surface area contributed by atoms with Crippen molar-refractivity contribution < 1.29 is 22.8 Å². The third-order valence-electron chi connectivity index (χ3n) is 4.83. The normalized spacial score (nSPS) is 13.3. The number of hydrogen-bond donors (Lipinski definition) is 4. The summed E-state index contributed by atoms with van der Waals surface area (Å²) in [6.45, 7) is 1.29. The minimum absolute atomic E-state index is 0.00639. The van der Waals surface area contributed by atoms with Crippen molar-refractivity contribution in [3.8, 4) is 0 Å². The van der Waals surface area contributed by atoms with E-state index in [0.29, 0.717) is 5.69 Å². The van der Waals surface area contributed by atoms with Crippen LogP contribution in [0.1, 0.15) is 24.0 Å². The van der Waals surface area contributed by atoms with Crippen LogP contribution in [0.5, 0.6) is 0 Å². The van der Waals surface area contributed by atoms with Crippen LogP contribution in [0.2, 0.25) is 0 Å². The Morgan fingerprint density at radius 1 is 0.938 bits per heavy atom. The molecule has 4 N–H and O–H groups in total. The number of sulfonamides is 1. The molecule has 0 aliphatic heterocycles. The summed E-state index contributed by atoms with van der Waals surface area (Å²) in [4.78, 5) is 35.8. The Labute approximate surface area is 187 Å². The quantitative estimate of drug-likeness (QED) is 0.422. The zero-order valence-corrected chi connectivity index (χ0v) is 18.5. The molecule has 170 valence electrons. The molecule has 0 spiro atoms. The van der Waals surface area contributed by atoms with Gasteiger partial charge in [0.05, 0.1) is 18.0 Å². The van der Waals surface area contributed by atoms with Gasteiger partial charge in [-0.2, -0.15) is 0 Å². The number of anilines is 1. The van der Waals surface area contributed by atoms with Crippen LogP contribution in [0.3, 0.4) is 0 Å². The molecule has 3 amide bonds. The lowest BCUT2D eigenvalue weighted by Gasteiger charge is -2.10. The zero-order valence-electron chi connectivity index (χ0n) is 17.7. The monoisotopic (exact) mass is 458 g/mol. The van der Waals surface area contributed by atoms with E-state index in [9.17, 15) is 22.8 Å². The van der Waals surface area contributed by atoms with Crippen molar-refractivity contribution in [2.24, 2.45) is 5.92 Å². The van der Waals surface area contributed by atoms with Crippen LogP contribution in [0, 0.1) is 12.8 Å². The fraction of sp³-hybridized carbons (Fsp3) is 0.318. The summed E-state index contributed by atoms with van der Waals surface area (Å²) in [5, 5.41) is 7.89. The van der Waals surface area contributed by atoms with E-state index in [0.717, 1.165) is 24.0 Å². The predicted octanol–water partition coefficient (Wildman–Crippen LogP) is 1.05. The zero-order chi connectivity index (χ0) is 23.1. The molecule has 0 atom stereocenters. The van der Waals surface area contributed by atoms with Crippen molar-refractivity contribution >= 4 is 33.4 Å². The van der Waals surface area contributed by atoms with Crippen molar-refractivity contribution in [1.29, 1.82) is 0 Å². The van der Waals surface area contributed by atoms with E-state index in [2.05, 4.69) is 20.7 Å². The van der Waals surface area contributed by atoms with Gasteiger partial charge >= 0.3 is 0 Å². The Balaban J connectivity index is 1.38. The second-order valence-electron chi connectivity index (χ2n) is 7.65. The first-order valence-electron chi connectivity index (χ1n) is 10.2. The lowest BCUT2D eigenvalue weighted by Crippen LogP contribution is -2.41. The van der Waals surface area contributed by atoms with Gasteiger partial charge in [-0.25, -0.2) is 13.1 Å². The summed E-state index contributed by atoms with van der Waals surface area (Å²) in [6.07, 6.45) is 1.83. The molecule has 1 aliphatic rings. The molecular formula is C22H26N4O5S. The number of amides is 3. The second kappa shape index (κ2) is 10.4. The van der Waals surface area contributed by atoms with E-state index < -0.39 is 28.4 Å². The maximum absolute atomic E-state index is 12.2. The van der Waals surface area contributed by atoms with Crippen LogP contribution in [0.4, 0.5) is 5.69 Å². The minimum atomic E-state index is -3.81. The van der Waals surface area contributed by atoms with Crippen molar-refractivity contribution in [2.75, 3.05) is 18.4 Å². The van der Waals surface area contributed by atoms with Crippen LogP contribution in [0.15, 0.2) is 53.4 Å². The van der Waals surface area contributed by atoms with E-state index in [1.54, 1.807) is 30.3 Å². The molecule has 10 heteroatoms. The van der Waals surface area contributed by atoms with Gasteiger partial charge in [0, 0.05) is 18.2 Å². The average molecular weight is 459 g/mol. The van der Waals surface area contributed by atoms with E-state index in [1.807, 2.05) is 13.0 Å². The maximum Gasteiger partial charge on any atom is 0.241 e. The highest BCUT2D eigenvalue weighted by Crippen LogP contribution is 2.30. The average Bonchev–Trinajstić information content (AvgIpc) is 3.61. The second-order valence-corrected chi connectivity index (χ2v) is 9.42. The molecular weight excluding hydrogens is 432 g/mol. The van der Waals surface area contributed by atoms with Crippen molar-refractivity contribution in [1.82, 2.24) is 15.4 Å². The lowest BCUT2D eigenvalue weighted by atomic mass is 10.2. The lowest BCUT2D eigenvalue weighted by molar-refractivity contribution is -0.125. The summed E-state index contributed by atoms with van der Waals surface area (Å²) in [6, 6.07) is 13.4. The molecule has 0 saturated heterocycles. The maximum atomic E-state index is 12.2. The fourth-order valence-electron chi connectivity index (χ4n) is 2.81. The standard InChI is InChI=1S/C22H26N4O5S/c1-15-5-9-19(10-6-15)32(30,31)25-14-21(28)24-13-20(27)23-12-16-3-2-4-18(11-16)26-22(29)17-7-8-17/h2-6,9-11,17,25H,7-8,12-14H2,1H3,(H,23,27)(H,24,28)(H,26,29). The van der Waals surface area contributed by atoms with Crippen LogP contribution in [0.25, 0.3) is 0 Å². The van der Waals surface area contributed by atoms with Crippen LogP contribution in [-0.2, 0) is 31.0 Å². The number of carbonyl (C=O) groups excluding carboxylic acids is 3. The summed E-state index contributed by atoms with van der Waals surface area (Å²) < 4.78 is 26.6. The molecule has 1 aliphatic carbocycles. The first kappa shape index (κ1) is 23.4. The molecule has 9 nitrogen and oxygen atoms in total. The summed E-state index contributed by atoms with van der Waals surface area (Å²) in [5.74, 6) is -0.942. The first-order valence-corrected chi connectivity index (χ1v) is 11.7. The fourth-order valence-corrected chi connectivity index (χ4v) is 3.80. The van der Waals surface area contributed by atoms with Gasteiger partial charge in [-0.3, -0.25) is 14.4 Å². The molecule has 1 fully saturated rings. The van der Waals surface area contributed by atoms with Gasteiger partial charge < -0.3 is 16.0 Å². The number of rotatable bonds is 10. The number of nitrogens with one attached hydrogen (secondary N) is 4. The Bertz CT molecular complexity index is 1100. The third-order valence-corrected chi connectivity index (χ3v) is 6.25. The smallest absolute Gasteiger partial charge is 0.241 e. The van der Waals surface area contributed by atoms with Crippen LogP contribution in [-0.4, -0.2) is 39.2 Å². The molecule has 1 saturated carbocycles. The third kappa shape index (κ3) is 7.17. The summed E-state index contributed by atoms with van der Waals surface area (Å²) >= 11 is 0. The Morgan fingerprint density at radius 3 is 2.31 bits per heavy atom. The molecule has 0 bridgehead atoms. The van der Waals surface area contributed by atoms with E-state index in [1.165, 1.54) is 12.1 Å². The number of aryl methyl sites for hydroxylation is 1. The van der Waals surface area contributed by atoms with E-state index in [-0.39, 0.29) is 29.8 Å². The SMILES string of the molecule is Cc1ccc(S(=O)(=O)NCC(=O)NCC(=O)NCc2cccc(NC(=O)C3CC3)c2)cc1. The summed E-state index contributed by atoms with van der Waals surface area (Å²) in [7, 11) is -3.81. The number of hydrogen-bond acceptors (Lipinski definition) is 5. The van der Waals surface area contributed by atoms with Gasteiger partial charge in [0.1, 0.15) is 0 Å². The molecule has 0 radical (unpaired) electrons. The molecule has 0 unspecified atom stereocenters. The molecule has 2 aromatic carbocycles. The molecule has 0 aromatic heterocycles. The van der Waals surface area contributed by atoms with Gasteiger partial charge in [0.2, 0.25) is 27.7 Å². The molecule has 3 rings (SSSR count). The van der Waals surface area contributed by atoms with Gasteiger partial charge in [-0.15, -0.1) is 0 Å². The number of carbonyl (C=O) groups is 3. The minimum Gasteiger partial charge on any atom is -0.350 e. The Kier molecular flexibility index (Phi) is 7.60. The van der Waals surface area contributed by atoms with Crippen LogP contribution >= 0.6 is 0 Å². The van der Waals surface area contributed by atoms with Crippen molar-refractivity contribution in [3.63, 3.8) is 0 Å². The Hall–Kier alpha value is -3.24. The molecule has 32 heavy (non-hydrogen) atoms. The largest absolute Gasteiger partial charge is 0.350 e. The first-order chi connectivity index (χ1) is 15.2. The van der Waals surface area contributed by atoms with E-state index in [4.69, 9.17) is 0 Å². The number of benzene rings is 2. The van der Waals surface area contributed by atoms with Crippen molar-refractivity contribution in [3.05, 3.63) is 59.7 Å². The highest BCUT2D eigenvalue weighted by molar-refractivity contribution is 7.89. The molecule has 0 heterocycles. The van der Waals surface area contributed by atoms with Crippen molar-refractivity contribution in [2.45, 2.75) is 31.2 Å². The highest BCUT2D eigenvalue weighted by Gasteiger charge is 2.29. The highest BCUT2D eigenvalue weighted by atomic mass is 32.2.